The summed E-state index contributed by atoms with van der Waals surface area (Å²) in [5.41, 5.74) is 0.796. The molecule has 0 unspecified atom stereocenters. The average molecular weight is 252 g/mol. The average Bonchev–Trinajstić information content (AvgIpc) is 2.76. The van der Waals surface area contributed by atoms with E-state index >= 15 is 0 Å². The summed E-state index contributed by atoms with van der Waals surface area (Å²) in [4.78, 5) is 7.69. The van der Waals surface area contributed by atoms with Crippen molar-refractivity contribution in [3.63, 3.8) is 0 Å². The molecule has 0 aromatic heterocycles. The second-order valence-corrected chi connectivity index (χ2v) is 4.86. The second-order valence-electron chi connectivity index (χ2n) is 4.86. The first-order valence-electron chi connectivity index (χ1n) is 6.66. The van der Waals surface area contributed by atoms with E-state index in [0.29, 0.717) is 12.6 Å². The van der Waals surface area contributed by atoms with Crippen LogP contribution >= 0.6 is 0 Å². The fourth-order valence-electron chi connectivity index (χ4n) is 2.10. The van der Waals surface area contributed by atoms with Crippen molar-refractivity contribution >= 4 is 5.71 Å². The zero-order valence-corrected chi connectivity index (χ0v) is 11.6. The Labute approximate surface area is 110 Å². The summed E-state index contributed by atoms with van der Waals surface area (Å²) in [6, 6.07) is 0.379. The minimum atomic E-state index is 0.207. The van der Waals surface area contributed by atoms with E-state index in [4.69, 9.17) is 9.94 Å². The first-order chi connectivity index (χ1) is 8.69. The lowest BCUT2D eigenvalue weighted by atomic mass is 10.1. The number of likely N-dealkylation sites (tertiary alicyclic amines) is 1. The van der Waals surface area contributed by atoms with Gasteiger partial charge in [0.2, 0.25) is 0 Å². The van der Waals surface area contributed by atoms with Crippen molar-refractivity contribution in [2.45, 2.75) is 39.7 Å². The van der Waals surface area contributed by atoms with E-state index in [1.165, 1.54) is 6.42 Å². The van der Waals surface area contributed by atoms with Gasteiger partial charge < -0.3 is 9.94 Å². The van der Waals surface area contributed by atoms with E-state index in [2.05, 4.69) is 35.7 Å². The van der Waals surface area contributed by atoms with Crippen molar-refractivity contribution in [1.29, 1.82) is 0 Å². The van der Waals surface area contributed by atoms with Gasteiger partial charge in [0.25, 0.3) is 0 Å². The lowest BCUT2D eigenvalue weighted by molar-refractivity contribution is 0.0741. The van der Waals surface area contributed by atoms with Crippen LogP contribution in [0.1, 0.15) is 33.6 Å². The molecule has 1 atom stereocenters. The summed E-state index contributed by atoms with van der Waals surface area (Å²) < 4.78 is 0. The maximum absolute atomic E-state index is 8.97. The Morgan fingerprint density at radius 3 is 2.94 bits per heavy atom. The van der Waals surface area contributed by atoms with Gasteiger partial charge in [-0.25, -0.2) is 0 Å². The number of nitrogens with zero attached hydrogens (tertiary/aromatic N) is 2. The van der Waals surface area contributed by atoms with Crippen LogP contribution in [0.4, 0.5) is 0 Å². The molecule has 0 bridgehead atoms. The van der Waals surface area contributed by atoms with Crippen molar-refractivity contribution in [3.05, 3.63) is 0 Å². The molecule has 18 heavy (non-hydrogen) atoms. The number of β-amino-alcohol motifs (C(OH)–C–C–N with tert-alkyl or cyclic N) is 1. The number of aliphatic hydroxyl groups excluding tert-OH is 1. The molecule has 1 N–H and O–H groups in total. The number of rotatable bonds is 6. The topological polar surface area (TPSA) is 45.1 Å². The van der Waals surface area contributed by atoms with Crippen molar-refractivity contribution in [1.82, 2.24) is 4.90 Å². The Kier molecular flexibility index (Phi) is 6.77. The van der Waals surface area contributed by atoms with Crippen molar-refractivity contribution in [3.8, 4) is 11.8 Å². The SMILES string of the molecule is CC#C/C(=N\OC[C@@H]1CCCN1CCO)C(C)C. The predicted octanol–water partition coefficient (Wildman–Crippen LogP) is 1.49. The third kappa shape index (κ3) is 4.67. The fourth-order valence-corrected chi connectivity index (χ4v) is 2.10. The number of oxime groups is 1. The first-order valence-corrected chi connectivity index (χ1v) is 6.66. The summed E-state index contributed by atoms with van der Waals surface area (Å²) >= 11 is 0. The molecule has 0 aliphatic carbocycles. The quantitative estimate of drug-likeness (QED) is 0.442. The highest BCUT2D eigenvalue weighted by Crippen LogP contribution is 2.16. The molecule has 0 aromatic carbocycles. The maximum atomic E-state index is 8.97. The molecule has 0 saturated carbocycles. The van der Waals surface area contributed by atoms with Gasteiger partial charge in [-0.3, -0.25) is 4.90 Å². The highest BCUT2D eigenvalue weighted by molar-refractivity contribution is 6.01. The molecule has 1 aliphatic heterocycles. The molecule has 4 heteroatoms. The van der Waals surface area contributed by atoms with Crippen LogP contribution in [0.5, 0.6) is 0 Å². The van der Waals surface area contributed by atoms with Gasteiger partial charge in [0, 0.05) is 18.5 Å². The van der Waals surface area contributed by atoms with Gasteiger partial charge in [-0.15, -0.1) is 0 Å². The standard InChI is InChI=1S/C14H24N2O2/c1-4-6-14(12(2)3)15-18-11-13-7-5-8-16(13)9-10-17/h12-13,17H,5,7-11H2,1-3H3/b15-14+/t13-/m0/s1. The third-order valence-corrected chi connectivity index (χ3v) is 3.12. The van der Waals surface area contributed by atoms with Gasteiger partial charge in [0.05, 0.1) is 6.61 Å². The second kappa shape index (κ2) is 8.12. The van der Waals surface area contributed by atoms with Crippen LogP contribution in [0.15, 0.2) is 5.16 Å². The van der Waals surface area contributed by atoms with Gasteiger partial charge in [-0.2, -0.15) is 0 Å². The Bertz CT molecular complexity index is 328. The molecule has 0 radical (unpaired) electrons. The van der Waals surface area contributed by atoms with E-state index in [1.54, 1.807) is 6.92 Å². The summed E-state index contributed by atoms with van der Waals surface area (Å²) in [5, 5.41) is 13.1. The predicted molar refractivity (Wildman–Crippen MR) is 73.4 cm³/mol. The normalized spacial score (nSPS) is 20.9. The molecule has 1 fully saturated rings. The van der Waals surface area contributed by atoms with Crippen LogP contribution < -0.4 is 0 Å². The van der Waals surface area contributed by atoms with Crippen LogP contribution in [0, 0.1) is 17.8 Å². The molecule has 4 nitrogen and oxygen atoms in total. The van der Waals surface area contributed by atoms with Gasteiger partial charge in [0.15, 0.2) is 0 Å². The summed E-state index contributed by atoms with van der Waals surface area (Å²) in [6.45, 7) is 8.48. The molecular formula is C14H24N2O2. The molecule has 1 aliphatic rings. The van der Waals surface area contributed by atoms with Crippen molar-refractivity contribution in [2.75, 3.05) is 26.3 Å². The van der Waals surface area contributed by atoms with Crippen LogP contribution in [0.3, 0.4) is 0 Å². The zero-order chi connectivity index (χ0) is 13.4. The maximum Gasteiger partial charge on any atom is 0.132 e. The minimum absolute atomic E-state index is 0.207. The first kappa shape index (κ1) is 15.0. The monoisotopic (exact) mass is 252 g/mol. The number of hydrogen-bond acceptors (Lipinski definition) is 4. The van der Waals surface area contributed by atoms with Crippen LogP contribution in [-0.2, 0) is 4.84 Å². The third-order valence-electron chi connectivity index (χ3n) is 3.12. The lowest BCUT2D eigenvalue weighted by Gasteiger charge is -2.22. The van der Waals surface area contributed by atoms with Gasteiger partial charge >= 0.3 is 0 Å². The molecule has 0 amide bonds. The van der Waals surface area contributed by atoms with E-state index < -0.39 is 0 Å². The van der Waals surface area contributed by atoms with Crippen LogP contribution in [0.2, 0.25) is 0 Å². The van der Waals surface area contributed by atoms with Crippen molar-refractivity contribution in [2.24, 2.45) is 11.1 Å². The van der Waals surface area contributed by atoms with E-state index in [1.807, 2.05) is 0 Å². The molecule has 1 heterocycles. The Morgan fingerprint density at radius 1 is 1.56 bits per heavy atom. The van der Waals surface area contributed by atoms with Crippen molar-refractivity contribution < 1.29 is 9.94 Å². The molecule has 1 rings (SSSR count). The fraction of sp³-hybridized carbons (Fsp3) is 0.786. The highest BCUT2D eigenvalue weighted by atomic mass is 16.6. The summed E-state index contributed by atoms with van der Waals surface area (Å²) in [5.74, 6) is 6.10. The largest absolute Gasteiger partial charge is 0.395 e. The van der Waals surface area contributed by atoms with Gasteiger partial charge in [-0.05, 0) is 32.2 Å². The molecule has 0 aromatic rings. The number of aliphatic hydroxyl groups is 1. The highest BCUT2D eigenvalue weighted by Gasteiger charge is 2.24. The van der Waals surface area contributed by atoms with E-state index in [-0.39, 0.29) is 12.5 Å². The molecule has 0 spiro atoms. The van der Waals surface area contributed by atoms with E-state index in [9.17, 15) is 0 Å². The number of hydrogen-bond donors (Lipinski definition) is 1. The minimum Gasteiger partial charge on any atom is -0.395 e. The summed E-state index contributed by atoms with van der Waals surface area (Å²) in [7, 11) is 0. The smallest absolute Gasteiger partial charge is 0.132 e. The van der Waals surface area contributed by atoms with Gasteiger partial charge in [0.1, 0.15) is 12.3 Å². The molecule has 1 saturated heterocycles. The van der Waals surface area contributed by atoms with Crippen LogP contribution in [-0.4, -0.2) is 48.1 Å². The van der Waals surface area contributed by atoms with Crippen LogP contribution in [0.25, 0.3) is 0 Å². The van der Waals surface area contributed by atoms with Gasteiger partial charge in [-0.1, -0.05) is 24.9 Å². The van der Waals surface area contributed by atoms with E-state index in [0.717, 1.165) is 25.2 Å². The zero-order valence-electron chi connectivity index (χ0n) is 11.6. The Morgan fingerprint density at radius 2 is 2.33 bits per heavy atom. The molecule has 102 valence electrons. The lowest BCUT2D eigenvalue weighted by Crippen LogP contribution is -2.34. The Balaban J connectivity index is 2.43. The summed E-state index contributed by atoms with van der Waals surface area (Å²) in [6.07, 6.45) is 2.29. The Hall–Kier alpha value is -1.05. The molecular weight excluding hydrogens is 228 g/mol.